The van der Waals surface area contributed by atoms with Crippen molar-refractivity contribution in [2.75, 3.05) is 0 Å². The first-order valence-electron chi connectivity index (χ1n) is 6.08. The van der Waals surface area contributed by atoms with Crippen LogP contribution in [0.1, 0.15) is 22.5 Å². The highest BCUT2D eigenvalue weighted by molar-refractivity contribution is 6.31. The summed E-state index contributed by atoms with van der Waals surface area (Å²) < 4.78 is 0. The predicted molar refractivity (Wildman–Crippen MR) is 75.1 cm³/mol. The van der Waals surface area contributed by atoms with Gasteiger partial charge in [-0.15, -0.1) is 0 Å². The van der Waals surface area contributed by atoms with Crippen LogP contribution < -0.4 is 5.32 Å². The second kappa shape index (κ2) is 5.89. The average Bonchev–Trinajstić information content (AvgIpc) is 2.70. The van der Waals surface area contributed by atoms with Crippen LogP contribution in [0.5, 0.6) is 0 Å². The van der Waals surface area contributed by atoms with Gasteiger partial charge in [0.25, 0.3) is 0 Å². The van der Waals surface area contributed by atoms with Crippen molar-refractivity contribution in [2.24, 2.45) is 0 Å². The van der Waals surface area contributed by atoms with Crippen LogP contribution in [0.25, 0.3) is 0 Å². The van der Waals surface area contributed by atoms with Gasteiger partial charge in [-0.05, 0) is 25.5 Å². The van der Waals surface area contributed by atoms with Gasteiger partial charge in [0.05, 0.1) is 12.1 Å². The van der Waals surface area contributed by atoms with Crippen molar-refractivity contribution in [2.45, 2.75) is 26.8 Å². The Morgan fingerprint density at radius 2 is 2.11 bits per heavy atom. The van der Waals surface area contributed by atoms with Crippen molar-refractivity contribution >= 4 is 17.5 Å². The average molecular weight is 278 g/mol. The largest absolute Gasteiger partial charge is 0.352 e. The molecule has 2 aromatic rings. The first-order chi connectivity index (χ1) is 9.08. The van der Waals surface area contributed by atoms with E-state index in [0.29, 0.717) is 18.0 Å². The Bertz CT molecular complexity index is 573. The van der Waals surface area contributed by atoms with Crippen molar-refractivity contribution < 1.29 is 4.79 Å². The van der Waals surface area contributed by atoms with Gasteiger partial charge < -0.3 is 5.32 Å². The number of hydrogen-bond acceptors (Lipinski definition) is 2. The normalized spacial score (nSPS) is 10.5. The van der Waals surface area contributed by atoms with Gasteiger partial charge >= 0.3 is 0 Å². The Labute approximate surface area is 117 Å². The van der Waals surface area contributed by atoms with E-state index in [-0.39, 0.29) is 5.91 Å². The molecule has 2 rings (SSSR count). The Hall–Kier alpha value is -1.81. The summed E-state index contributed by atoms with van der Waals surface area (Å²) in [5, 5.41) is 10.5. The highest BCUT2D eigenvalue weighted by atomic mass is 35.5. The Morgan fingerprint density at radius 1 is 1.37 bits per heavy atom. The van der Waals surface area contributed by atoms with E-state index in [2.05, 4.69) is 15.5 Å². The molecule has 0 aliphatic heterocycles. The lowest BCUT2D eigenvalue weighted by atomic mass is 10.1. The molecule has 0 saturated heterocycles. The molecule has 5 heteroatoms. The van der Waals surface area contributed by atoms with E-state index in [1.165, 1.54) is 0 Å². The van der Waals surface area contributed by atoms with Crippen LogP contribution in [0.2, 0.25) is 5.02 Å². The zero-order valence-electron chi connectivity index (χ0n) is 11.0. The van der Waals surface area contributed by atoms with Gasteiger partial charge in [0, 0.05) is 22.8 Å². The van der Waals surface area contributed by atoms with Gasteiger partial charge in [-0.1, -0.05) is 29.8 Å². The third kappa shape index (κ3) is 3.35. The number of hydrogen-bond donors (Lipinski definition) is 2. The molecule has 0 aliphatic carbocycles. The lowest BCUT2D eigenvalue weighted by molar-refractivity contribution is -0.120. The number of carbonyl (C=O) groups is 1. The Kier molecular flexibility index (Phi) is 4.22. The van der Waals surface area contributed by atoms with Crippen LogP contribution in [0.4, 0.5) is 0 Å². The maximum Gasteiger partial charge on any atom is 0.224 e. The molecule has 19 heavy (non-hydrogen) atoms. The molecule has 0 radical (unpaired) electrons. The van der Waals surface area contributed by atoms with Crippen molar-refractivity contribution in [3.63, 3.8) is 0 Å². The molecule has 0 atom stereocenters. The molecule has 4 nitrogen and oxygen atoms in total. The molecule has 1 heterocycles. The fraction of sp³-hybridized carbons (Fsp3) is 0.286. The minimum Gasteiger partial charge on any atom is -0.352 e. The number of carbonyl (C=O) groups excluding carboxylic acids is 1. The van der Waals surface area contributed by atoms with Gasteiger partial charge in [-0.25, -0.2) is 0 Å². The third-order valence-electron chi connectivity index (χ3n) is 3.05. The van der Waals surface area contributed by atoms with Crippen LogP contribution in [-0.4, -0.2) is 16.1 Å². The lowest BCUT2D eigenvalue weighted by Crippen LogP contribution is -2.25. The number of nitrogens with one attached hydrogen (secondary N) is 2. The summed E-state index contributed by atoms with van der Waals surface area (Å²) in [6.45, 7) is 4.24. The maximum absolute atomic E-state index is 11.9. The number of rotatable bonds is 4. The lowest BCUT2D eigenvalue weighted by Gasteiger charge is -2.07. The molecular formula is C14H16ClN3O. The second-order valence-electron chi connectivity index (χ2n) is 4.46. The molecular weight excluding hydrogens is 262 g/mol. The third-order valence-corrected chi connectivity index (χ3v) is 3.42. The number of H-pyrrole nitrogens is 1. The molecule has 1 amide bonds. The van der Waals surface area contributed by atoms with E-state index in [0.717, 1.165) is 22.5 Å². The van der Waals surface area contributed by atoms with Crippen molar-refractivity contribution in [3.05, 3.63) is 51.8 Å². The number of aromatic amines is 1. The summed E-state index contributed by atoms with van der Waals surface area (Å²) in [5.74, 6) is -0.0347. The molecule has 1 aromatic carbocycles. The smallest absolute Gasteiger partial charge is 0.224 e. The molecule has 0 bridgehead atoms. The summed E-state index contributed by atoms with van der Waals surface area (Å²) in [6.07, 6.45) is 0.332. The minimum atomic E-state index is -0.0347. The predicted octanol–water partition coefficient (Wildman–Crippen LogP) is 2.54. The standard InChI is InChI=1S/C14H16ClN3O/c1-9-12(10(2)18-17-9)7-14(19)16-8-11-5-3-4-6-13(11)15/h3-6H,7-8H2,1-2H3,(H,16,19)(H,17,18). The first-order valence-corrected chi connectivity index (χ1v) is 6.46. The summed E-state index contributed by atoms with van der Waals surface area (Å²) in [4.78, 5) is 11.9. The molecule has 0 fully saturated rings. The van der Waals surface area contributed by atoms with E-state index in [1.54, 1.807) is 0 Å². The molecule has 0 spiro atoms. The number of benzene rings is 1. The molecule has 0 unspecified atom stereocenters. The van der Waals surface area contributed by atoms with E-state index in [1.807, 2.05) is 38.1 Å². The fourth-order valence-electron chi connectivity index (χ4n) is 1.89. The van der Waals surface area contributed by atoms with Crippen LogP contribution >= 0.6 is 11.6 Å². The number of halogens is 1. The highest BCUT2D eigenvalue weighted by Crippen LogP contribution is 2.14. The van der Waals surface area contributed by atoms with Gasteiger partial charge in [0.15, 0.2) is 0 Å². The molecule has 1 aromatic heterocycles. The van der Waals surface area contributed by atoms with Crippen molar-refractivity contribution in [1.82, 2.24) is 15.5 Å². The summed E-state index contributed by atoms with van der Waals surface area (Å²) in [7, 11) is 0. The molecule has 0 aliphatic rings. The SMILES string of the molecule is Cc1n[nH]c(C)c1CC(=O)NCc1ccccc1Cl. The zero-order valence-corrected chi connectivity index (χ0v) is 11.7. The summed E-state index contributed by atoms with van der Waals surface area (Å²) in [6, 6.07) is 7.48. The van der Waals surface area contributed by atoms with Crippen LogP contribution in [0.3, 0.4) is 0 Å². The second-order valence-corrected chi connectivity index (χ2v) is 4.86. The number of aromatic nitrogens is 2. The topological polar surface area (TPSA) is 57.8 Å². The van der Waals surface area contributed by atoms with E-state index in [9.17, 15) is 4.79 Å². The van der Waals surface area contributed by atoms with Gasteiger partial charge in [-0.3, -0.25) is 9.89 Å². The minimum absolute atomic E-state index is 0.0347. The molecule has 0 saturated carbocycles. The number of nitrogens with zero attached hydrogens (tertiary/aromatic N) is 1. The zero-order chi connectivity index (χ0) is 13.8. The van der Waals surface area contributed by atoms with E-state index in [4.69, 9.17) is 11.6 Å². The maximum atomic E-state index is 11.9. The van der Waals surface area contributed by atoms with Crippen molar-refractivity contribution in [1.29, 1.82) is 0 Å². The first kappa shape index (κ1) is 13.6. The van der Waals surface area contributed by atoms with E-state index < -0.39 is 0 Å². The van der Waals surface area contributed by atoms with Crippen LogP contribution in [0.15, 0.2) is 24.3 Å². The van der Waals surface area contributed by atoms with Crippen LogP contribution in [-0.2, 0) is 17.8 Å². The van der Waals surface area contributed by atoms with E-state index >= 15 is 0 Å². The summed E-state index contributed by atoms with van der Waals surface area (Å²) >= 11 is 6.03. The Balaban J connectivity index is 1.94. The van der Waals surface area contributed by atoms with Crippen LogP contribution in [0, 0.1) is 13.8 Å². The fourth-order valence-corrected chi connectivity index (χ4v) is 2.10. The van der Waals surface area contributed by atoms with Gasteiger partial charge in [0.1, 0.15) is 0 Å². The quantitative estimate of drug-likeness (QED) is 0.902. The highest BCUT2D eigenvalue weighted by Gasteiger charge is 2.11. The number of amides is 1. The van der Waals surface area contributed by atoms with Gasteiger partial charge in [0.2, 0.25) is 5.91 Å². The van der Waals surface area contributed by atoms with Crippen molar-refractivity contribution in [3.8, 4) is 0 Å². The Morgan fingerprint density at radius 3 is 2.74 bits per heavy atom. The molecule has 2 N–H and O–H groups in total. The monoisotopic (exact) mass is 277 g/mol. The molecule has 100 valence electrons. The van der Waals surface area contributed by atoms with Gasteiger partial charge in [-0.2, -0.15) is 5.10 Å². The summed E-state index contributed by atoms with van der Waals surface area (Å²) in [5.41, 5.74) is 3.67. The number of aryl methyl sites for hydroxylation is 2.